The summed E-state index contributed by atoms with van der Waals surface area (Å²) < 4.78 is 5.77. The minimum Gasteiger partial charge on any atom is -0.478 e. The standard InChI is InChI=1S/C19H26N2O3/c1-4-16-19(23)21(15-7-5-6-8-17(15)24-16)12-18(22)20-10-13(2)9-14(3)11-20/h5-8,13-14,16H,4,9-12H2,1-3H3/t13-,14-,16+/m1/s1. The second kappa shape index (κ2) is 6.83. The van der Waals surface area contributed by atoms with Gasteiger partial charge in [-0.2, -0.15) is 0 Å². The normalized spacial score (nSPS) is 26.8. The van der Waals surface area contributed by atoms with E-state index < -0.39 is 6.10 Å². The third-order valence-electron chi connectivity index (χ3n) is 4.85. The van der Waals surface area contributed by atoms with Crippen molar-refractivity contribution >= 4 is 17.5 Å². The molecule has 2 amide bonds. The van der Waals surface area contributed by atoms with Gasteiger partial charge in [0.05, 0.1) is 5.69 Å². The van der Waals surface area contributed by atoms with Crippen molar-refractivity contribution < 1.29 is 14.3 Å². The molecule has 0 unspecified atom stereocenters. The highest BCUT2D eigenvalue weighted by Crippen LogP contribution is 2.34. The van der Waals surface area contributed by atoms with Gasteiger partial charge < -0.3 is 9.64 Å². The molecule has 0 saturated carbocycles. The summed E-state index contributed by atoms with van der Waals surface area (Å²) in [7, 11) is 0. The third-order valence-corrected chi connectivity index (χ3v) is 4.85. The fourth-order valence-electron chi connectivity index (χ4n) is 3.80. The molecule has 2 aliphatic heterocycles. The van der Waals surface area contributed by atoms with E-state index in [9.17, 15) is 9.59 Å². The van der Waals surface area contributed by atoms with E-state index >= 15 is 0 Å². The van der Waals surface area contributed by atoms with Gasteiger partial charge in [-0.25, -0.2) is 0 Å². The first-order chi connectivity index (χ1) is 11.5. The lowest BCUT2D eigenvalue weighted by molar-refractivity contribution is -0.135. The van der Waals surface area contributed by atoms with Crippen LogP contribution >= 0.6 is 0 Å². The van der Waals surface area contributed by atoms with Crippen molar-refractivity contribution in [2.75, 3.05) is 24.5 Å². The number of fused-ring (bicyclic) bond motifs is 1. The molecule has 2 heterocycles. The summed E-state index contributed by atoms with van der Waals surface area (Å²) in [4.78, 5) is 29.0. The van der Waals surface area contributed by atoms with Crippen LogP contribution in [0, 0.1) is 11.8 Å². The van der Waals surface area contributed by atoms with Crippen molar-refractivity contribution in [1.29, 1.82) is 0 Å². The maximum absolute atomic E-state index is 12.8. The Kier molecular flexibility index (Phi) is 4.78. The fourth-order valence-corrected chi connectivity index (χ4v) is 3.80. The van der Waals surface area contributed by atoms with E-state index in [0.717, 1.165) is 19.5 Å². The van der Waals surface area contributed by atoms with Crippen LogP contribution < -0.4 is 9.64 Å². The van der Waals surface area contributed by atoms with Gasteiger partial charge in [-0.05, 0) is 36.8 Å². The van der Waals surface area contributed by atoms with Gasteiger partial charge in [-0.3, -0.25) is 14.5 Å². The summed E-state index contributed by atoms with van der Waals surface area (Å²) in [5.41, 5.74) is 0.693. The number of para-hydroxylation sites is 2. The van der Waals surface area contributed by atoms with E-state index in [2.05, 4.69) is 13.8 Å². The molecule has 0 N–H and O–H groups in total. The zero-order valence-corrected chi connectivity index (χ0v) is 14.7. The molecule has 0 spiro atoms. The summed E-state index contributed by atoms with van der Waals surface area (Å²) in [6.07, 6.45) is 1.24. The van der Waals surface area contributed by atoms with Gasteiger partial charge in [0.1, 0.15) is 12.3 Å². The number of hydrogen-bond acceptors (Lipinski definition) is 3. The first-order valence-electron chi connectivity index (χ1n) is 8.84. The molecule has 3 atom stereocenters. The molecule has 1 aromatic rings. The zero-order valence-electron chi connectivity index (χ0n) is 14.7. The first kappa shape index (κ1) is 16.8. The fraction of sp³-hybridized carbons (Fsp3) is 0.579. The number of piperidine rings is 1. The van der Waals surface area contributed by atoms with Crippen LogP contribution in [-0.4, -0.2) is 42.5 Å². The van der Waals surface area contributed by atoms with E-state index in [-0.39, 0.29) is 18.4 Å². The molecule has 130 valence electrons. The highest BCUT2D eigenvalue weighted by atomic mass is 16.5. The number of amides is 2. The smallest absolute Gasteiger partial charge is 0.268 e. The Morgan fingerprint density at radius 2 is 1.88 bits per heavy atom. The second-order valence-corrected chi connectivity index (χ2v) is 7.15. The molecule has 24 heavy (non-hydrogen) atoms. The Bertz CT molecular complexity index is 621. The summed E-state index contributed by atoms with van der Waals surface area (Å²) >= 11 is 0. The lowest BCUT2D eigenvalue weighted by Crippen LogP contribution is -2.52. The van der Waals surface area contributed by atoms with Crippen LogP contribution in [0.25, 0.3) is 0 Å². The molecule has 0 aromatic heterocycles. The minimum atomic E-state index is -0.507. The van der Waals surface area contributed by atoms with Crippen LogP contribution in [0.1, 0.15) is 33.6 Å². The van der Waals surface area contributed by atoms with Gasteiger partial charge in [0.2, 0.25) is 5.91 Å². The summed E-state index contributed by atoms with van der Waals surface area (Å²) in [5.74, 6) is 1.59. The van der Waals surface area contributed by atoms with Crippen molar-refractivity contribution in [3.8, 4) is 5.75 Å². The van der Waals surface area contributed by atoms with E-state index in [1.807, 2.05) is 36.1 Å². The Balaban J connectivity index is 1.80. The van der Waals surface area contributed by atoms with E-state index in [0.29, 0.717) is 29.7 Å². The lowest BCUT2D eigenvalue weighted by atomic mass is 9.92. The van der Waals surface area contributed by atoms with Crippen LogP contribution in [0.5, 0.6) is 5.75 Å². The quantitative estimate of drug-likeness (QED) is 0.856. The van der Waals surface area contributed by atoms with Gasteiger partial charge in [0.15, 0.2) is 6.10 Å². The minimum absolute atomic E-state index is 0.0216. The molecule has 0 aliphatic carbocycles. The Morgan fingerprint density at radius 3 is 2.54 bits per heavy atom. The predicted octanol–water partition coefficient (Wildman–Crippen LogP) is 2.70. The van der Waals surface area contributed by atoms with Gasteiger partial charge >= 0.3 is 0 Å². The van der Waals surface area contributed by atoms with Crippen LogP contribution in [0.15, 0.2) is 24.3 Å². The molecule has 1 aromatic carbocycles. The molecular weight excluding hydrogens is 304 g/mol. The summed E-state index contributed by atoms with van der Waals surface area (Å²) in [5, 5.41) is 0. The number of benzene rings is 1. The average molecular weight is 330 g/mol. The molecule has 2 aliphatic rings. The molecule has 5 nitrogen and oxygen atoms in total. The van der Waals surface area contributed by atoms with Crippen molar-refractivity contribution in [1.82, 2.24) is 4.90 Å². The van der Waals surface area contributed by atoms with Gasteiger partial charge in [-0.1, -0.05) is 32.9 Å². The SMILES string of the molecule is CC[C@@H]1Oc2ccccc2N(CC(=O)N2C[C@H](C)C[C@@H](C)C2)C1=O. The number of ether oxygens (including phenoxy) is 1. The molecule has 5 heteroatoms. The van der Waals surface area contributed by atoms with Crippen LogP contribution in [0.4, 0.5) is 5.69 Å². The number of hydrogen-bond donors (Lipinski definition) is 0. The number of carbonyl (C=O) groups excluding carboxylic acids is 2. The van der Waals surface area contributed by atoms with Gasteiger partial charge in [-0.15, -0.1) is 0 Å². The Hall–Kier alpha value is -2.04. The summed E-state index contributed by atoms with van der Waals surface area (Å²) in [6, 6.07) is 7.44. The highest BCUT2D eigenvalue weighted by molar-refractivity contribution is 6.03. The molecule has 0 radical (unpaired) electrons. The van der Waals surface area contributed by atoms with Gasteiger partial charge in [0.25, 0.3) is 5.91 Å². The molecule has 1 saturated heterocycles. The third kappa shape index (κ3) is 3.25. The Morgan fingerprint density at radius 1 is 1.21 bits per heavy atom. The predicted molar refractivity (Wildman–Crippen MR) is 93.0 cm³/mol. The van der Waals surface area contributed by atoms with Crippen LogP contribution in [0.2, 0.25) is 0 Å². The number of rotatable bonds is 3. The average Bonchev–Trinajstić information content (AvgIpc) is 2.56. The maximum atomic E-state index is 12.8. The van der Waals surface area contributed by atoms with Crippen molar-refractivity contribution in [2.24, 2.45) is 11.8 Å². The van der Waals surface area contributed by atoms with Crippen molar-refractivity contribution in [3.63, 3.8) is 0 Å². The largest absolute Gasteiger partial charge is 0.478 e. The molecule has 3 rings (SSSR count). The van der Waals surface area contributed by atoms with E-state index in [4.69, 9.17) is 4.74 Å². The van der Waals surface area contributed by atoms with Crippen LogP contribution in [-0.2, 0) is 9.59 Å². The van der Waals surface area contributed by atoms with E-state index in [1.165, 1.54) is 0 Å². The number of nitrogens with zero attached hydrogens (tertiary/aromatic N) is 2. The monoisotopic (exact) mass is 330 g/mol. The zero-order chi connectivity index (χ0) is 17.3. The first-order valence-corrected chi connectivity index (χ1v) is 8.84. The number of likely N-dealkylation sites (tertiary alicyclic amines) is 1. The second-order valence-electron chi connectivity index (χ2n) is 7.15. The number of carbonyl (C=O) groups is 2. The van der Waals surface area contributed by atoms with Crippen molar-refractivity contribution in [3.05, 3.63) is 24.3 Å². The highest BCUT2D eigenvalue weighted by Gasteiger charge is 2.35. The van der Waals surface area contributed by atoms with Gasteiger partial charge in [0, 0.05) is 13.1 Å². The van der Waals surface area contributed by atoms with Crippen LogP contribution in [0.3, 0.4) is 0 Å². The summed E-state index contributed by atoms with van der Waals surface area (Å²) in [6.45, 7) is 7.93. The van der Waals surface area contributed by atoms with Crippen molar-refractivity contribution in [2.45, 2.75) is 39.7 Å². The molecule has 0 bridgehead atoms. The molecule has 1 fully saturated rings. The lowest BCUT2D eigenvalue weighted by Gasteiger charge is -2.38. The topological polar surface area (TPSA) is 49.9 Å². The maximum Gasteiger partial charge on any atom is 0.268 e. The van der Waals surface area contributed by atoms with E-state index in [1.54, 1.807) is 4.90 Å². The Labute approximate surface area is 143 Å². The number of anilines is 1. The molecular formula is C19H26N2O3.